The lowest BCUT2D eigenvalue weighted by Gasteiger charge is -2.41. The van der Waals surface area contributed by atoms with Crippen molar-refractivity contribution in [2.24, 2.45) is 0 Å². The highest BCUT2D eigenvalue weighted by Crippen LogP contribution is 2.39. The molecule has 1 aromatic heterocycles. The van der Waals surface area contributed by atoms with Crippen LogP contribution in [-0.4, -0.2) is 63.7 Å². The Labute approximate surface area is 233 Å². The number of carbonyl (C=O) groups excluding carboxylic acids is 1. The predicted molar refractivity (Wildman–Crippen MR) is 149 cm³/mol. The van der Waals surface area contributed by atoms with Gasteiger partial charge < -0.3 is 10.4 Å². The van der Waals surface area contributed by atoms with Crippen molar-refractivity contribution < 1.29 is 23.1 Å². The smallest absolute Gasteiger partial charge is 0.376 e. The molecule has 2 heterocycles. The molecule has 1 unspecified atom stereocenters. The first-order chi connectivity index (χ1) is 18.9. The van der Waals surface area contributed by atoms with E-state index in [4.69, 9.17) is 0 Å². The highest BCUT2D eigenvalue weighted by Gasteiger charge is 2.51. The third-order valence-corrected chi connectivity index (χ3v) is 7.39. The number of pyridine rings is 1. The summed E-state index contributed by atoms with van der Waals surface area (Å²) in [6.07, 6.45) is -0.750. The van der Waals surface area contributed by atoms with Crippen LogP contribution in [0.15, 0.2) is 73.1 Å². The van der Waals surface area contributed by atoms with E-state index in [0.29, 0.717) is 6.42 Å². The van der Waals surface area contributed by atoms with Gasteiger partial charge in [0.2, 0.25) is 5.91 Å². The van der Waals surface area contributed by atoms with E-state index < -0.39 is 11.8 Å². The molecule has 3 aromatic rings. The van der Waals surface area contributed by atoms with Crippen molar-refractivity contribution in [3.8, 4) is 11.1 Å². The molecule has 2 N–H and O–H groups in total. The Bertz CT molecular complexity index is 1250. The number of alkyl halides is 3. The van der Waals surface area contributed by atoms with E-state index in [1.54, 1.807) is 24.5 Å². The summed E-state index contributed by atoms with van der Waals surface area (Å²) in [7, 11) is 0. The Morgan fingerprint density at radius 1 is 0.950 bits per heavy atom. The van der Waals surface area contributed by atoms with Crippen molar-refractivity contribution in [3.63, 3.8) is 0 Å². The zero-order valence-electron chi connectivity index (χ0n) is 23.2. The highest BCUT2D eigenvalue weighted by molar-refractivity contribution is 5.76. The lowest BCUT2D eigenvalue weighted by atomic mass is 9.93. The summed E-state index contributed by atoms with van der Waals surface area (Å²) in [4.78, 5) is 21.5. The molecular formula is C31H37F3N4O2. The number of aliphatic hydroxyl groups is 1. The van der Waals surface area contributed by atoms with Gasteiger partial charge in [0.15, 0.2) is 5.60 Å². The molecule has 40 heavy (non-hydrogen) atoms. The molecule has 1 aliphatic rings. The van der Waals surface area contributed by atoms with Gasteiger partial charge in [0.1, 0.15) is 0 Å². The van der Waals surface area contributed by atoms with Crippen molar-refractivity contribution in [1.82, 2.24) is 20.1 Å². The number of carbonyl (C=O) groups is 1. The van der Waals surface area contributed by atoms with Crippen LogP contribution in [0.25, 0.3) is 11.1 Å². The van der Waals surface area contributed by atoms with Crippen molar-refractivity contribution in [3.05, 3.63) is 89.7 Å². The van der Waals surface area contributed by atoms with E-state index in [9.17, 15) is 23.1 Å². The van der Waals surface area contributed by atoms with Gasteiger partial charge in [-0.1, -0.05) is 48.5 Å². The van der Waals surface area contributed by atoms with Gasteiger partial charge in [-0.2, -0.15) is 13.2 Å². The molecule has 2 atom stereocenters. The first kappa shape index (κ1) is 29.7. The molecule has 9 heteroatoms. The summed E-state index contributed by atoms with van der Waals surface area (Å²) < 4.78 is 39.5. The van der Waals surface area contributed by atoms with Crippen LogP contribution < -0.4 is 5.32 Å². The Morgan fingerprint density at radius 3 is 2.10 bits per heavy atom. The topological polar surface area (TPSA) is 68.7 Å². The van der Waals surface area contributed by atoms with Crippen LogP contribution in [0, 0.1) is 0 Å². The number of amides is 1. The minimum atomic E-state index is -4.75. The first-order valence-electron chi connectivity index (χ1n) is 13.6. The molecule has 0 spiro atoms. The van der Waals surface area contributed by atoms with Crippen molar-refractivity contribution >= 4 is 5.91 Å². The maximum Gasteiger partial charge on any atom is 0.421 e. The van der Waals surface area contributed by atoms with Crippen LogP contribution in [-0.2, 0) is 23.5 Å². The number of rotatable bonds is 9. The average molecular weight is 555 g/mol. The molecule has 0 aliphatic carbocycles. The minimum Gasteiger partial charge on any atom is -0.376 e. The SMILES string of the molecule is CC(C)NC(=O)C[C@@H]1CN(Cc2ccc(-c3ccc(C(C)(O)C(F)(F)F)cc3)cc2)CCN1Cc1ccncc1. The molecule has 6 nitrogen and oxygen atoms in total. The Hall–Kier alpha value is -3.27. The Morgan fingerprint density at radius 2 is 1.52 bits per heavy atom. The molecular weight excluding hydrogens is 517 g/mol. The van der Waals surface area contributed by atoms with Crippen molar-refractivity contribution in [1.29, 1.82) is 0 Å². The van der Waals surface area contributed by atoms with Crippen LogP contribution in [0.4, 0.5) is 13.2 Å². The van der Waals surface area contributed by atoms with E-state index in [2.05, 4.69) is 20.1 Å². The first-order valence-corrected chi connectivity index (χ1v) is 13.6. The third-order valence-electron chi connectivity index (χ3n) is 7.39. The summed E-state index contributed by atoms with van der Waals surface area (Å²) in [5.74, 6) is 0.0497. The quantitative estimate of drug-likeness (QED) is 0.384. The maximum atomic E-state index is 13.2. The fraction of sp³-hybridized carbons (Fsp3) is 0.419. The van der Waals surface area contributed by atoms with Gasteiger partial charge in [-0.3, -0.25) is 19.6 Å². The second kappa shape index (κ2) is 12.5. The van der Waals surface area contributed by atoms with Crippen LogP contribution in [0.3, 0.4) is 0 Å². The van der Waals surface area contributed by atoms with Crippen molar-refractivity contribution in [2.45, 2.75) is 64.1 Å². The van der Waals surface area contributed by atoms with Gasteiger partial charge in [0.25, 0.3) is 0 Å². The van der Waals surface area contributed by atoms with E-state index in [1.165, 1.54) is 17.7 Å². The molecule has 1 amide bonds. The van der Waals surface area contributed by atoms with Gasteiger partial charge in [-0.15, -0.1) is 0 Å². The van der Waals surface area contributed by atoms with Crippen molar-refractivity contribution in [2.75, 3.05) is 19.6 Å². The number of nitrogens with one attached hydrogen (secondary N) is 1. The van der Waals surface area contributed by atoms with Gasteiger partial charge >= 0.3 is 6.18 Å². The summed E-state index contributed by atoms with van der Waals surface area (Å²) in [5, 5.41) is 12.9. The van der Waals surface area contributed by atoms with Gasteiger partial charge in [0, 0.05) is 63.6 Å². The second-order valence-electron chi connectivity index (χ2n) is 11.0. The number of halogens is 3. The van der Waals surface area contributed by atoms with Crippen LogP contribution in [0.5, 0.6) is 0 Å². The lowest BCUT2D eigenvalue weighted by molar-refractivity contribution is -0.258. The zero-order chi connectivity index (χ0) is 28.9. The van der Waals surface area contributed by atoms with Crippen LogP contribution >= 0.6 is 0 Å². The predicted octanol–water partition coefficient (Wildman–Crippen LogP) is 5.12. The van der Waals surface area contributed by atoms with Crippen LogP contribution in [0.1, 0.15) is 43.9 Å². The highest BCUT2D eigenvalue weighted by atomic mass is 19.4. The largest absolute Gasteiger partial charge is 0.421 e. The summed E-state index contributed by atoms with van der Waals surface area (Å²) in [6, 6.07) is 18.0. The summed E-state index contributed by atoms with van der Waals surface area (Å²) in [5.41, 5.74) is 0.851. The van der Waals surface area contributed by atoms with E-state index in [0.717, 1.165) is 56.3 Å². The number of nitrogens with zero attached hydrogens (tertiary/aromatic N) is 3. The molecule has 2 aromatic carbocycles. The number of aromatic nitrogens is 1. The lowest BCUT2D eigenvalue weighted by Crippen LogP contribution is -2.53. The fourth-order valence-electron chi connectivity index (χ4n) is 5.03. The summed E-state index contributed by atoms with van der Waals surface area (Å²) in [6.45, 7) is 8.66. The normalized spacial score (nSPS) is 18.4. The molecule has 1 fully saturated rings. The Balaban J connectivity index is 1.41. The number of hydrogen-bond donors (Lipinski definition) is 2. The van der Waals surface area contributed by atoms with Crippen LogP contribution in [0.2, 0.25) is 0 Å². The minimum absolute atomic E-state index is 0.0497. The van der Waals surface area contributed by atoms with Gasteiger partial charge in [-0.05, 0) is 60.7 Å². The standard InChI is InChI=1S/C31H37F3N4O2/c1-22(2)36-29(39)18-28-21-37(16-17-38(28)20-24-12-14-35-15-13-24)19-23-4-6-25(7-5-23)26-8-10-27(11-9-26)30(3,40)31(32,33)34/h4-15,22,28,40H,16-21H2,1-3H3,(H,36,39)/t28-,30?/m1/s1. The maximum absolute atomic E-state index is 13.2. The fourth-order valence-corrected chi connectivity index (χ4v) is 5.03. The summed E-state index contributed by atoms with van der Waals surface area (Å²) >= 11 is 0. The average Bonchev–Trinajstić information content (AvgIpc) is 2.90. The number of piperazine rings is 1. The molecule has 1 saturated heterocycles. The number of hydrogen-bond acceptors (Lipinski definition) is 5. The monoisotopic (exact) mass is 554 g/mol. The third kappa shape index (κ3) is 7.47. The number of benzene rings is 2. The van der Waals surface area contributed by atoms with Gasteiger partial charge in [0.05, 0.1) is 0 Å². The van der Waals surface area contributed by atoms with E-state index in [1.807, 2.05) is 50.2 Å². The molecule has 214 valence electrons. The molecule has 1 aliphatic heterocycles. The Kier molecular flexibility index (Phi) is 9.28. The van der Waals surface area contributed by atoms with Gasteiger partial charge in [-0.25, -0.2) is 0 Å². The molecule has 0 saturated carbocycles. The second-order valence-corrected chi connectivity index (χ2v) is 11.0. The molecule has 0 bridgehead atoms. The van der Waals surface area contributed by atoms with E-state index in [-0.39, 0.29) is 23.6 Å². The zero-order valence-corrected chi connectivity index (χ0v) is 23.2. The molecule has 4 rings (SSSR count). The van der Waals surface area contributed by atoms with E-state index >= 15 is 0 Å². The molecule has 0 radical (unpaired) electrons.